The largest absolute Gasteiger partial charge is 0.444 e. The molecule has 2 rings (SSSR count). The first kappa shape index (κ1) is 16.0. The highest BCUT2D eigenvalue weighted by Gasteiger charge is 2.28. The van der Waals surface area contributed by atoms with Crippen LogP contribution in [0.1, 0.15) is 31.3 Å². The van der Waals surface area contributed by atoms with Crippen molar-refractivity contribution in [2.24, 2.45) is 0 Å². The molecule has 2 N–H and O–H groups in total. The number of aromatic nitrogens is 2. The molecule has 8 nitrogen and oxygen atoms in total. The summed E-state index contributed by atoms with van der Waals surface area (Å²) in [6.45, 7) is 7.21. The van der Waals surface area contributed by atoms with Crippen LogP contribution in [0.25, 0.3) is 0 Å². The minimum Gasteiger partial charge on any atom is -0.444 e. The van der Waals surface area contributed by atoms with E-state index in [1.165, 1.54) is 6.07 Å². The summed E-state index contributed by atoms with van der Waals surface area (Å²) in [5.74, 6) is 0.0580. The third-order valence-electron chi connectivity index (χ3n) is 3.12. The van der Waals surface area contributed by atoms with E-state index in [2.05, 4.69) is 10.2 Å². The highest BCUT2D eigenvalue weighted by Crippen LogP contribution is 2.13. The van der Waals surface area contributed by atoms with Gasteiger partial charge < -0.3 is 20.3 Å². The van der Waals surface area contributed by atoms with Gasteiger partial charge in [0.2, 0.25) is 0 Å². The molecular formula is C14H21N5O3. The minimum absolute atomic E-state index is 0.212. The van der Waals surface area contributed by atoms with Gasteiger partial charge in [0.1, 0.15) is 11.4 Å². The van der Waals surface area contributed by atoms with Crippen molar-refractivity contribution in [1.82, 2.24) is 20.0 Å². The molecule has 2 amide bonds. The Balaban J connectivity index is 1.90. The van der Waals surface area contributed by atoms with Crippen molar-refractivity contribution in [3.8, 4) is 0 Å². The molecule has 0 bridgehead atoms. The maximum absolute atomic E-state index is 12.3. The van der Waals surface area contributed by atoms with Crippen LogP contribution in [0.2, 0.25) is 0 Å². The van der Waals surface area contributed by atoms with Crippen LogP contribution >= 0.6 is 0 Å². The van der Waals surface area contributed by atoms with Crippen molar-refractivity contribution in [3.63, 3.8) is 0 Å². The van der Waals surface area contributed by atoms with Crippen molar-refractivity contribution in [3.05, 3.63) is 17.8 Å². The average Bonchev–Trinajstić information content (AvgIpc) is 2.46. The van der Waals surface area contributed by atoms with E-state index in [1.807, 2.05) is 20.8 Å². The smallest absolute Gasteiger partial charge is 0.410 e. The van der Waals surface area contributed by atoms with Gasteiger partial charge in [0.15, 0.2) is 5.69 Å². The van der Waals surface area contributed by atoms with Gasteiger partial charge in [0.05, 0.1) is 0 Å². The lowest BCUT2D eigenvalue weighted by Crippen LogP contribution is -2.51. The first-order valence-corrected chi connectivity index (χ1v) is 7.13. The molecule has 0 radical (unpaired) electrons. The quantitative estimate of drug-likeness (QED) is 0.821. The SMILES string of the molecule is CC(C)(C)OC(=O)N1CCN(C(=O)c2ccc(N)nn2)CC1. The van der Waals surface area contributed by atoms with E-state index >= 15 is 0 Å². The average molecular weight is 307 g/mol. The Morgan fingerprint density at radius 3 is 2.18 bits per heavy atom. The van der Waals surface area contributed by atoms with E-state index in [0.717, 1.165) is 0 Å². The Bertz CT molecular complexity index is 545. The van der Waals surface area contributed by atoms with Crippen molar-refractivity contribution >= 4 is 17.8 Å². The minimum atomic E-state index is -0.524. The maximum atomic E-state index is 12.3. The molecule has 1 saturated heterocycles. The number of carbonyl (C=O) groups excluding carboxylic acids is 2. The zero-order chi connectivity index (χ0) is 16.3. The predicted octanol–water partition coefficient (Wildman–Crippen LogP) is 0.752. The number of hydrogen-bond acceptors (Lipinski definition) is 6. The number of ether oxygens (including phenoxy) is 1. The number of nitrogens with zero attached hydrogens (tertiary/aromatic N) is 4. The highest BCUT2D eigenvalue weighted by molar-refractivity contribution is 5.92. The fourth-order valence-corrected chi connectivity index (χ4v) is 2.04. The van der Waals surface area contributed by atoms with Crippen LogP contribution in [-0.2, 0) is 4.74 Å². The van der Waals surface area contributed by atoms with Crippen molar-refractivity contribution < 1.29 is 14.3 Å². The zero-order valence-corrected chi connectivity index (χ0v) is 13.1. The molecule has 1 aliphatic rings. The van der Waals surface area contributed by atoms with E-state index in [1.54, 1.807) is 15.9 Å². The van der Waals surface area contributed by atoms with E-state index < -0.39 is 5.60 Å². The Morgan fingerprint density at radius 2 is 1.68 bits per heavy atom. The molecule has 0 spiro atoms. The summed E-state index contributed by atoms with van der Waals surface area (Å²) in [4.78, 5) is 27.5. The zero-order valence-electron chi connectivity index (χ0n) is 13.1. The molecule has 0 aliphatic carbocycles. The molecule has 0 atom stereocenters. The van der Waals surface area contributed by atoms with Gasteiger partial charge in [-0.15, -0.1) is 10.2 Å². The van der Waals surface area contributed by atoms with E-state index in [9.17, 15) is 9.59 Å². The summed E-state index contributed by atoms with van der Waals surface area (Å²) in [6.07, 6.45) is -0.355. The van der Waals surface area contributed by atoms with E-state index in [-0.39, 0.29) is 23.5 Å². The molecule has 0 aromatic carbocycles. The molecule has 1 aromatic heterocycles. The molecule has 1 fully saturated rings. The Kier molecular flexibility index (Phi) is 4.48. The van der Waals surface area contributed by atoms with Crippen LogP contribution in [0.5, 0.6) is 0 Å². The van der Waals surface area contributed by atoms with Crippen molar-refractivity contribution in [2.75, 3.05) is 31.9 Å². The number of rotatable bonds is 1. The standard InChI is InChI=1S/C14H21N5O3/c1-14(2,3)22-13(21)19-8-6-18(7-9-19)12(20)10-4-5-11(15)17-16-10/h4-5H,6-9H2,1-3H3,(H2,15,17). The van der Waals surface area contributed by atoms with Crippen LogP contribution < -0.4 is 5.73 Å². The highest BCUT2D eigenvalue weighted by atomic mass is 16.6. The summed E-state index contributed by atoms with van der Waals surface area (Å²) < 4.78 is 5.32. The maximum Gasteiger partial charge on any atom is 0.410 e. The molecule has 1 aromatic rings. The number of anilines is 1. The third-order valence-corrected chi connectivity index (χ3v) is 3.12. The lowest BCUT2D eigenvalue weighted by Gasteiger charge is -2.35. The van der Waals surface area contributed by atoms with Gasteiger partial charge in [0.25, 0.3) is 5.91 Å². The number of hydrogen-bond donors (Lipinski definition) is 1. The van der Waals surface area contributed by atoms with Crippen molar-refractivity contribution in [1.29, 1.82) is 0 Å². The Labute approximate surface area is 129 Å². The summed E-state index contributed by atoms with van der Waals surface area (Å²) in [7, 11) is 0. The van der Waals surface area contributed by atoms with Gasteiger partial charge in [-0.25, -0.2) is 4.79 Å². The summed E-state index contributed by atoms with van der Waals surface area (Å²) in [5.41, 5.74) is 5.18. The lowest BCUT2D eigenvalue weighted by atomic mass is 10.2. The second-order valence-electron chi connectivity index (χ2n) is 6.10. The second-order valence-corrected chi connectivity index (χ2v) is 6.10. The number of nitrogens with two attached hydrogens (primary N) is 1. The predicted molar refractivity (Wildman–Crippen MR) is 80.2 cm³/mol. The monoisotopic (exact) mass is 307 g/mol. The number of nitrogen functional groups attached to an aromatic ring is 1. The fraction of sp³-hybridized carbons (Fsp3) is 0.571. The first-order valence-electron chi connectivity index (χ1n) is 7.13. The molecule has 0 saturated carbocycles. The molecule has 0 unspecified atom stereocenters. The number of carbonyl (C=O) groups is 2. The molecule has 2 heterocycles. The number of amides is 2. The van der Waals surface area contributed by atoms with E-state index in [0.29, 0.717) is 26.2 Å². The normalized spacial score (nSPS) is 15.6. The van der Waals surface area contributed by atoms with Crippen LogP contribution in [0, 0.1) is 0 Å². The van der Waals surface area contributed by atoms with Gasteiger partial charge in [-0.3, -0.25) is 4.79 Å². The number of piperazine rings is 1. The summed E-state index contributed by atoms with van der Waals surface area (Å²) in [5, 5.41) is 7.46. The third kappa shape index (κ3) is 4.06. The van der Waals surface area contributed by atoms with E-state index in [4.69, 9.17) is 10.5 Å². The molecular weight excluding hydrogens is 286 g/mol. The van der Waals surface area contributed by atoms with Crippen LogP contribution in [0.15, 0.2) is 12.1 Å². The molecule has 8 heteroatoms. The molecule has 120 valence electrons. The summed E-state index contributed by atoms with van der Waals surface area (Å²) in [6, 6.07) is 3.09. The lowest BCUT2D eigenvalue weighted by molar-refractivity contribution is 0.0140. The van der Waals surface area contributed by atoms with Gasteiger partial charge in [0, 0.05) is 26.2 Å². The molecule has 1 aliphatic heterocycles. The molecule has 22 heavy (non-hydrogen) atoms. The first-order chi connectivity index (χ1) is 10.3. The van der Waals surface area contributed by atoms with Gasteiger partial charge >= 0.3 is 6.09 Å². The van der Waals surface area contributed by atoms with Crippen LogP contribution in [0.3, 0.4) is 0 Å². The van der Waals surface area contributed by atoms with Gasteiger partial charge in [-0.1, -0.05) is 0 Å². The van der Waals surface area contributed by atoms with Crippen LogP contribution in [0.4, 0.5) is 10.6 Å². The fourth-order valence-electron chi connectivity index (χ4n) is 2.04. The summed E-state index contributed by atoms with van der Waals surface area (Å²) >= 11 is 0. The van der Waals surface area contributed by atoms with Crippen LogP contribution in [-0.4, -0.2) is 63.8 Å². The Hall–Kier alpha value is -2.38. The van der Waals surface area contributed by atoms with Gasteiger partial charge in [-0.2, -0.15) is 0 Å². The Morgan fingerprint density at radius 1 is 1.09 bits per heavy atom. The van der Waals surface area contributed by atoms with Gasteiger partial charge in [-0.05, 0) is 32.9 Å². The topological polar surface area (TPSA) is 102 Å². The van der Waals surface area contributed by atoms with Crippen molar-refractivity contribution in [2.45, 2.75) is 26.4 Å². The second kappa shape index (κ2) is 6.17.